The zero-order valence-corrected chi connectivity index (χ0v) is 10.8. The smallest absolute Gasteiger partial charge is 0.310 e. The van der Waals surface area contributed by atoms with Gasteiger partial charge in [0.1, 0.15) is 0 Å². The molecule has 4 heteroatoms. The van der Waals surface area contributed by atoms with Gasteiger partial charge in [0.2, 0.25) is 0 Å². The summed E-state index contributed by atoms with van der Waals surface area (Å²) in [5.41, 5.74) is 7.20. The molecule has 0 amide bonds. The molecule has 0 bridgehead atoms. The van der Waals surface area contributed by atoms with Crippen molar-refractivity contribution in [1.82, 2.24) is 0 Å². The van der Waals surface area contributed by atoms with Gasteiger partial charge < -0.3 is 10.5 Å². The first-order valence-corrected chi connectivity index (χ1v) is 6.64. The van der Waals surface area contributed by atoms with Crippen LogP contribution in [-0.4, -0.2) is 12.6 Å². The zero-order valence-electron chi connectivity index (χ0n) is 9.96. The van der Waals surface area contributed by atoms with Gasteiger partial charge in [-0.25, -0.2) is 0 Å². The van der Waals surface area contributed by atoms with Crippen LogP contribution >= 0.6 is 11.3 Å². The van der Waals surface area contributed by atoms with Gasteiger partial charge in [0.25, 0.3) is 0 Å². The first-order valence-electron chi connectivity index (χ1n) is 5.76. The molecular formula is C14H15NO2S. The predicted octanol–water partition coefficient (Wildman–Crippen LogP) is 2.66. The Bertz CT molecular complexity index is 508. The van der Waals surface area contributed by atoms with Crippen molar-refractivity contribution in [3.8, 4) is 0 Å². The number of carbonyl (C=O) groups is 1. The average Bonchev–Trinajstić information content (AvgIpc) is 2.82. The number of carbonyl (C=O) groups excluding carboxylic acids is 1. The third-order valence-corrected chi connectivity index (χ3v) is 3.43. The molecule has 0 aliphatic carbocycles. The highest BCUT2D eigenvalue weighted by atomic mass is 32.1. The topological polar surface area (TPSA) is 52.3 Å². The quantitative estimate of drug-likeness (QED) is 0.665. The Morgan fingerprint density at radius 1 is 1.28 bits per heavy atom. The minimum atomic E-state index is -0.211. The lowest BCUT2D eigenvalue weighted by Gasteiger charge is -2.04. The molecule has 94 valence electrons. The van der Waals surface area contributed by atoms with E-state index in [1.807, 2.05) is 29.6 Å². The normalized spacial score (nSPS) is 10.2. The van der Waals surface area contributed by atoms with Crippen molar-refractivity contribution in [1.29, 1.82) is 0 Å². The van der Waals surface area contributed by atoms with E-state index in [0.717, 1.165) is 12.0 Å². The van der Waals surface area contributed by atoms with Crippen molar-refractivity contribution >= 4 is 23.0 Å². The molecule has 2 aromatic rings. The lowest BCUT2D eigenvalue weighted by Crippen LogP contribution is -2.10. The fourth-order valence-electron chi connectivity index (χ4n) is 1.64. The molecule has 0 aliphatic heterocycles. The molecule has 1 aromatic carbocycles. The molecule has 1 heterocycles. The van der Waals surface area contributed by atoms with Crippen LogP contribution < -0.4 is 5.73 Å². The number of benzene rings is 1. The summed E-state index contributed by atoms with van der Waals surface area (Å²) >= 11 is 1.67. The van der Waals surface area contributed by atoms with E-state index < -0.39 is 0 Å². The van der Waals surface area contributed by atoms with Crippen molar-refractivity contribution in [2.75, 3.05) is 12.3 Å². The fraction of sp³-hybridized carbons (Fsp3) is 0.214. The molecule has 3 nitrogen and oxygen atoms in total. The summed E-state index contributed by atoms with van der Waals surface area (Å²) in [5.74, 6) is -0.211. The second-order valence-electron chi connectivity index (χ2n) is 3.97. The van der Waals surface area contributed by atoms with Gasteiger partial charge in [-0.15, -0.1) is 11.3 Å². The monoisotopic (exact) mass is 261 g/mol. The summed E-state index contributed by atoms with van der Waals surface area (Å²) in [4.78, 5) is 12.8. The van der Waals surface area contributed by atoms with E-state index in [2.05, 4.69) is 0 Å². The van der Waals surface area contributed by atoms with Crippen LogP contribution in [0, 0.1) is 0 Å². The first-order chi connectivity index (χ1) is 8.74. The average molecular weight is 261 g/mol. The number of esters is 1. The second-order valence-corrected chi connectivity index (χ2v) is 5.00. The minimum absolute atomic E-state index is 0.211. The number of ether oxygens (including phenoxy) is 1. The Labute approximate surface area is 110 Å². The summed E-state index contributed by atoms with van der Waals surface area (Å²) in [6, 6.07) is 11.3. The lowest BCUT2D eigenvalue weighted by molar-refractivity contribution is -0.142. The van der Waals surface area contributed by atoms with Crippen LogP contribution in [0.25, 0.3) is 0 Å². The first kappa shape index (κ1) is 12.6. The van der Waals surface area contributed by atoms with Crippen molar-refractivity contribution in [2.24, 2.45) is 0 Å². The van der Waals surface area contributed by atoms with Gasteiger partial charge in [-0.3, -0.25) is 4.79 Å². The Kier molecular flexibility index (Phi) is 4.36. The standard InChI is InChI=1S/C14H15NO2S/c15-12-4-1-3-11(9-12)10-14(16)17-7-6-13-5-2-8-18-13/h1-5,8-9H,6-7,10,15H2. The molecule has 0 saturated carbocycles. The number of anilines is 1. The van der Waals surface area contributed by atoms with Gasteiger partial charge in [0.05, 0.1) is 13.0 Å². The number of hydrogen-bond acceptors (Lipinski definition) is 4. The van der Waals surface area contributed by atoms with Gasteiger partial charge in [-0.2, -0.15) is 0 Å². The van der Waals surface area contributed by atoms with Crippen LogP contribution in [-0.2, 0) is 22.4 Å². The highest BCUT2D eigenvalue weighted by Crippen LogP contribution is 2.10. The maximum atomic E-state index is 11.6. The van der Waals surface area contributed by atoms with Crippen LogP contribution in [0.1, 0.15) is 10.4 Å². The predicted molar refractivity (Wildman–Crippen MR) is 73.5 cm³/mol. The van der Waals surface area contributed by atoms with Crippen LogP contribution in [0.3, 0.4) is 0 Å². The van der Waals surface area contributed by atoms with Gasteiger partial charge >= 0.3 is 5.97 Å². The summed E-state index contributed by atoms with van der Waals surface area (Å²) in [6.07, 6.45) is 1.05. The molecule has 0 spiro atoms. The SMILES string of the molecule is Nc1cccc(CC(=O)OCCc2cccs2)c1. The summed E-state index contributed by atoms with van der Waals surface area (Å²) < 4.78 is 5.19. The number of thiophene rings is 1. The molecule has 18 heavy (non-hydrogen) atoms. The maximum Gasteiger partial charge on any atom is 0.310 e. The highest BCUT2D eigenvalue weighted by molar-refractivity contribution is 7.09. The Balaban J connectivity index is 1.75. The van der Waals surface area contributed by atoms with E-state index in [-0.39, 0.29) is 12.4 Å². The summed E-state index contributed by atoms with van der Waals surface area (Å²) in [7, 11) is 0. The molecule has 2 N–H and O–H groups in total. The number of hydrogen-bond donors (Lipinski definition) is 1. The lowest BCUT2D eigenvalue weighted by atomic mass is 10.1. The van der Waals surface area contributed by atoms with Crippen LogP contribution in [0.4, 0.5) is 5.69 Å². The van der Waals surface area contributed by atoms with Crippen molar-refractivity contribution in [3.05, 3.63) is 52.2 Å². The largest absolute Gasteiger partial charge is 0.465 e. The minimum Gasteiger partial charge on any atom is -0.465 e. The molecule has 0 aliphatic rings. The van der Waals surface area contributed by atoms with Crippen LogP contribution in [0.5, 0.6) is 0 Å². The Morgan fingerprint density at radius 3 is 2.89 bits per heavy atom. The summed E-state index contributed by atoms with van der Waals surface area (Å²) in [6.45, 7) is 0.432. The number of rotatable bonds is 5. The van der Waals surface area contributed by atoms with Gasteiger partial charge in [-0.1, -0.05) is 18.2 Å². The molecule has 0 radical (unpaired) electrons. The fourth-order valence-corrected chi connectivity index (χ4v) is 2.33. The third kappa shape index (κ3) is 3.89. The van der Waals surface area contributed by atoms with Crippen molar-refractivity contribution in [2.45, 2.75) is 12.8 Å². The molecule has 0 atom stereocenters. The van der Waals surface area contributed by atoms with Crippen LogP contribution in [0.2, 0.25) is 0 Å². The Hall–Kier alpha value is -1.81. The van der Waals surface area contributed by atoms with E-state index in [4.69, 9.17) is 10.5 Å². The van der Waals surface area contributed by atoms with Gasteiger partial charge in [0.15, 0.2) is 0 Å². The molecule has 0 unspecified atom stereocenters. The second kappa shape index (κ2) is 6.21. The molecule has 1 aromatic heterocycles. The van der Waals surface area contributed by atoms with Gasteiger partial charge in [-0.05, 0) is 29.1 Å². The van der Waals surface area contributed by atoms with Crippen molar-refractivity contribution < 1.29 is 9.53 Å². The van der Waals surface area contributed by atoms with Crippen LogP contribution in [0.15, 0.2) is 41.8 Å². The molecular weight excluding hydrogens is 246 g/mol. The number of nitrogens with two attached hydrogens (primary N) is 1. The highest BCUT2D eigenvalue weighted by Gasteiger charge is 2.05. The maximum absolute atomic E-state index is 11.6. The number of nitrogen functional groups attached to an aromatic ring is 1. The van der Waals surface area contributed by atoms with E-state index in [9.17, 15) is 4.79 Å². The summed E-state index contributed by atoms with van der Waals surface area (Å²) in [5, 5.41) is 2.02. The zero-order chi connectivity index (χ0) is 12.8. The molecule has 2 rings (SSSR count). The van der Waals surface area contributed by atoms with E-state index >= 15 is 0 Å². The van der Waals surface area contributed by atoms with E-state index in [1.165, 1.54) is 4.88 Å². The van der Waals surface area contributed by atoms with E-state index in [1.54, 1.807) is 23.5 Å². The van der Waals surface area contributed by atoms with E-state index in [0.29, 0.717) is 12.3 Å². The Morgan fingerprint density at radius 2 is 2.17 bits per heavy atom. The van der Waals surface area contributed by atoms with Crippen molar-refractivity contribution in [3.63, 3.8) is 0 Å². The third-order valence-electron chi connectivity index (χ3n) is 2.49. The van der Waals surface area contributed by atoms with Gasteiger partial charge in [0, 0.05) is 17.0 Å². The molecule has 0 fully saturated rings. The molecule has 0 saturated heterocycles.